The molecule has 0 saturated heterocycles. The van der Waals surface area contributed by atoms with Crippen LogP contribution in [-0.2, 0) is 13.1 Å². The molecule has 0 bridgehead atoms. The zero-order valence-corrected chi connectivity index (χ0v) is 13.8. The standard InChI is InChI=1S/C11H12BrIN4O/c1-3-17-9(10(12)7(2)15-17)5-16-6-14-4-8(13)11(16)18/h4,6H,3,5H2,1-2H3. The number of nitrogens with zero attached hydrogens (tertiary/aromatic N) is 4. The molecule has 5 nitrogen and oxygen atoms in total. The maximum atomic E-state index is 12.0. The first kappa shape index (κ1) is 13.7. The monoisotopic (exact) mass is 422 g/mol. The molecule has 0 unspecified atom stereocenters. The molecule has 2 aromatic rings. The third-order valence-electron chi connectivity index (χ3n) is 2.63. The van der Waals surface area contributed by atoms with Gasteiger partial charge in [-0.25, -0.2) is 4.98 Å². The van der Waals surface area contributed by atoms with Gasteiger partial charge in [-0.2, -0.15) is 5.10 Å². The van der Waals surface area contributed by atoms with Gasteiger partial charge in [-0.15, -0.1) is 0 Å². The second kappa shape index (κ2) is 5.52. The Bertz CT molecular complexity index is 634. The highest BCUT2D eigenvalue weighted by atomic mass is 127. The molecule has 18 heavy (non-hydrogen) atoms. The van der Waals surface area contributed by atoms with Crippen LogP contribution in [0.1, 0.15) is 18.3 Å². The highest BCUT2D eigenvalue weighted by Gasteiger charge is 2.13. The summed E-state index contributed by atoms with van der Waals surface area (Å²) in [4.78, 5) is 16.0. The summed E-state index contributed by atoms with van der Waals surface area (Å²) in [6, 6.07) is 0. The third-order valence-corrected chi connectivity index (χ3v) is 4.40. The van der Waals surface area contributed by atoms with Crippen LogP contribution in [-0.4, -0.2) is 19.3 Å². The molecule has 0 fully saturated rings. The summed E-state index contributed by atoms with van der Waals surface area (Å²) in [6.07, 6.45) is 3.12. The number of aryl methyl sites for hydroxylation is 2. The minimum absolute atomic E-state index is 0.0287. The minimum Gasteiger partial charge on any atom is -0.292 e. The summed E-state index contributed by atoms with van der Waals surface area (Å²) in [7, 11) is 0. The molecule has 0 atom stereocenters. The normalized spacial score (nSPS) is 10.9. The Balaban J connectivity index is 2.46. The molecule has 0 N–H and O–H groups in total. The molecule has 96 valence electrons. The van der Waals surface area contributed by atoms with Crippen molar-refractivity contribution < 1.29 is 0 Å². The first-order valence-corrected chi connectivity index (χ1v) is 7.33. The highest BCUT2D eigenvalue weighted by molar-refractivity contribution is 14.1. The Morgan fingerprint density at radius 2 is 2.22 bits per heavy atom. The maximum absolute atomic E-state index is 12.0. The van der Waals surface area contributed by atoms with Crippen LogP contribution in [0.3, 0.4) is 0 Å². The van der Waals surface area contributed by atoms with Crippen molar-refractivity contribution in [3.63, 3.8) is 0 Å². The van der Waals surface area contributed by atoms with Gasteiger partial charge in [0.2, 0.25) is 0 Å². The van der Waals surface area contributed by atoms with Crippen LogP contribution in [0.15, 0.2) is 21.8 Å². The van der Waals surface area contributed by atoms with Gasteiger partial charge in [-0.1, -0.05) is 0 Å². The molecular weight excluding hydrogens is 411 g/mol. The van der Waals surface area contributed by atoms with Gasteiger partial charge in [0.05, 0.1) is 32.3 Å². The van der Waals surface area contributed by atoms with E-state index in [0.717, 1.165) is 22.4 Å². The van der Waals surface area contributed by atoms with Crippen LogP contribution in [0.5, 0.6) is 0 Å². The van der Waals surface area contributed by atoms with E-state index in [9.17, 15) is 4.79 Å². The minimum atomic E-state index is -0.0287. The lowest BCUT2D eigenvalue weighted by Crippen LogP contribution is -2.24. The van der Waals surface area contributed by atoms with Gasteiger partial charge in [0.15, 0.2) is 0 Å². The van der Waals surface area contributed by atoms with Gasteiger partial charge in [0.25, 0.3) is 5.56 Å². The van der Waals surface area contributed by atoms with Crippen molar-refractivity contribution in [2.45, 2.75) is 26.9 Å². The second-order valence-electron chi connectivity index (χ2n) is 3.84. The average Bonchev–Trinajstić information content (AvgIpc) is 2.62. The summed E-state index contributed by atoms with van der Waals surface area (Å²) < 4.78 is 5.06. The molecule has 0 amide bonds. The predicted molar refractivity (Wildman–Crippen MR) is 80.7 cm³/mol. The molecule has 7 heteroatoms. The molecule has 0 aliphatic carbocycles. The van der Waals surface area contributed by atoms with Crippen molar-refractivity contribution in [1.82, 2.24) is 19.3 Å². The topological polar surface area (TPSA) is 52.7 Å². The van der Waals surface area contributed by atoms with E-state index in [1.807, 2.05) is 41.1 Å². The van der Waals surface area contributed by atoms with Crippen molar-refractivity contribution in [2.75, 3.05) is 0 Å². The zero-order valence-electron chi connectivity index (χ0n) is 10.0. The van der Waals surface area contributed by atoms with Gasteiger partial charge in [0.1, 0.15) is 0 Å². The van der Waals surface area contributed by atoms with Gasteiger partial charge < -0.3 is 0 Å². The Morgan fingerprint density at radius 3 is 2.89 bits per heavy atom. The molecule has 2 aromatic heterocycles. The predicted octanol–water partition coefficient (Wildman–Crippen LogP) is 2.18. The maximum Gasteiger partial charge on any atom is 0.267 e. The largest absolute Gasteiger partial charge is 0.292 e. The van der Waals surface area contributed by atoms with E-state index in [4.69, 9.17) is 0 Å². The van der Waals surface area contributed by atoms with E-state index in [2.05, 4.69) is 26.0 Å². The van der Waals surface area contributed by atoms with Gasteiger partial charge >= 0.3 is 0 Å². The summed E-state index contributed by atoms with van der Waals surface area (Å²) >= 11 is 5.52. The summed E-state index contributed by atoms with van der Waals surface area (Å²) in [5.41, 5.74) is 1.89. The fourth-order valence-corrected chi connectivity index (χ4v) is 2.60. The van der Waals surface area contributed by atoms with E-state index in [0.29, 0.717) is 10.1 Å². The molecular formula is C11H12BrIN4O. The lowest BCUT2D eigenvalue weighted by atomic mass is 10.3. The van der Waals surface area contributed by atoms with E-state index in [-0.39, 0.29) is 5.56 Å². The molecule has 0 aliphatic rings. The zero-order chi connectivity index (χ0) is 13.3. The molecule has 2 heterocycles. The lowest BCUT2D eigenvalue weighted by molar-refractivity contribution is 0.586. The van der Waals surface area contributed by atoms with E-state index in [1.54, 1.807) is 17.1 Å². The fourth-order valence-electron chi connectivity index (χ4n) is 1.72. The number of rotatable bonds is 3. The summed E-state index contributed by atoms with van der Waals surface area (Å²) in [5.74, 6) is 0. The van der Waals surface area contributed by atoms with Crippen molar-refractivity contribution in [3.8, 4) is 0 Å². The van der Waals surface area contributed by atoms with Gasteiger partial charge in [-0.3, -0.25) is 14.0 Å². The Labute approximate surface area is 126 Å². The van der Waals surface area contributed by atoms with Crippen LogP contribution < -0.4 is 5.56 Å². The fraction of sp³-hybridized carbons (Fsp3) is 0.364. The molecule has 0 saturated carbocycles. The number of aromatic nitrogens is 4. The highest BCUT2D eigenvalue weighted by Crippen LogP contribution is 2.21. The molecule has 2 rings (SSSR count). The second-order valence-corrected chi connectivity index (χ2v) is 5.79. The smallest absolute Gasteiger partial charge is 0.267 e. The number of hydrogen-bond donors (Lipinski definition) is 0. The van der Waals surface area contributed by atoms with Crippen LogP contribution >= 0.6 is 38.5 Å². The Morgan fingerprint density at radius 1 is 1.50 bits per heavy atom. The van der Waals surface area contributed by atoms with Crippen molar-refractivity contribution >= 4 is 38.5 Å². The molecule has 0 radical (unpaired) electrons. The van der Waals surface area contributed by atoms with Gasteiger partial charge in [-0.05, 0) is 52.4 Å². The van der Waals surface area contributed by atoms with Crippen LogP contribution in [0.25, 0.3) is 0 Å². The molecule has 0 spiro atoms. The SMILES string of the molecule is CCn1nc(C)c(Br)c1Cn1cncc(I)c1=O. The number of hydrogen-bond acceptors (Lipinski definition) is 3. The van der Waals surface area contributed by atoms with Gasteiger partial charge in [0, 0.05) is 12.7 Å². The summed E-state index contributed by atoms with van der Waals surface area (Å²) in [5, 5.41) is 4.41. The first-order chi connectivity index (χ1) is 8.54. The lowest BCUT2D eigenvalue weighted by Gasteiger charge is -2.08. The van der Waals surface area contributed by atoms with E-state index in [1.165, 1.54) is 0 Å². The van der Waals surface area contributed by atoms with E-state index >= 15 is 0 Å². The quantitative estimate of drug-likeness (QED) is 0.712. The Kier molecular flexibility index (Phi) is 4.21. The summed E-state index contributed by atoms with van der Waals surface area (Å²) in [6.45, 7) is 5.21. The van der Waals surface area contributed by atoms with Crippen LogP contribution in [0, 0.1) is 10.5 Å². The van der Waals surface area contributed by atoms with Crippen molar-refractivity contribution in [3.05, 3.63) is 42.3 Å². The van der Waals surface area contributed by atoms with E-state index < -0.39 is 0 Å². The van der Waals surface area contributed by atoms with Crippen LogP contribution in [0.4, 0.5) is 0 Å². The van der Waals surface area contributed by atoms with Crippen LogP contribution in [0.2, 0.25) is 0 Å². The molecule has 0 aromatic carbocycles. The third kappa shape index (κ3) is 2.51. The van der Waals surface area contributed by atoms with Crippen molar-refractivity contribution in [1.29, 1.82) is 0 Å². The first-order valence-electron chi connectivity index (χ1n) is 5.46. The Hall–Kier alpha value is -0.700. The molecule has 0 aliphatic heterocycles. The van der Waals surface area contributed by atoms with Crippen molar-refractivity contribution in [2.24, 2.45) is 0 Å². The number of halogens is 2. The average molecular weight is 423 g/mol.